The SMILES string of the molecule is COc1ccccc1CC(=O)c1c(Cl)cnn1C. The van der Waals surface area contributed by atoms with E-state index in [4.69, 9.17) is 16.3 Å². The molecule has 2 rings (SSSR count). The maximum absolute atomic E-state index is 12.2. The molecule has 94 valence electrons. The summed E-state index contributed by atoms with van der Waals surface area (Å²) >= 11 is 5.94. The molecule has 0 saturated heterocycles. The van der Waals surface area contributed by atoms with Crippen molar-refractivity contribution < 1.29 is 9.53 Å². The van der Waals surface area contributed by atoms with Crippen molar-refractivity contribution in [3.05, 3.63) is 46.7 Å². The third-order valence-electron chi connectivity index (χ3n) is 2.70. The molecule has 0 atom stereocenters. The summed E-state index contributed by atoms with van der Waals surface area (Å²) in [6, 6.07) is 7.42. The minimum Gasteiger partial charge on any atom is -0.496 e. The first-order valence-corrected chi connectivity index (χ1v) is 5.84. The van der Waals surface area contributed by atoms with Crippen LogP contribution in [-0.4, -0.2) is 22.7 Å². The van der Waals surface area contributed by atoms with Crippen LogP contribution < -0.4 is 4.74 Å². The van der Waals surface area contributed by atoms with Crippen LogP contribution in [0.4, 0.5) is 0 Å². The number of nitrogens with zero attached hydrogens (tertiary/aromatic N) is 2. The van der Waals surface area contributed by atoms with E-state index in [0.29, 0.717) is 16.5 Å². The normalized spacial score (nSPS) is 10.4. The van der Waals surface area contributed by atoms with Gasteiger partial charge < -0.3 is 4.74 Å². The molecule has 1 aromatic heterocycles. The van der Waals surface area contributed by atoms with Gasteiger partial charge in [-0.15, -0.1) is 0 Å². The maximum atomic E-state index is 12.2. The summed E-state index contributed by atoms with van der Waals surface area (Å²) in [6.45, 7) is 0. The van der Waals surface area contributed by atoms with E-state index in [-0.39, 0.29) is 12.2 Å². The summed E-state index contributed by atoms with van der Waals surface area (Å²) in [4.78, 5) is 12.2. The largest absolute Gasteiger partial charge is 0.496 e. The van der Waals surface area contributed by atoms with Gasteiger partial charge in [-0.25, -0.2) is 0 Å². The van der Waals surface area contributed by atoms with Crippen molar-refractivity contribution in [3.8, 4) is 5.75 Å². The number of rotatable bonds is 4. The van der Waals surface area contributed by atoms with Crippen LogP contribution in [0.25, 0.3) is 0 Å². The lowest BCUT2D eigenvalue weighted by atomic mass is 10.1. The lowest BCUT2D eigenvalue weighted by molar-refractivity contribution is 0.0983. The minimum absolute atomic E-state index is 0.0792. The zero-order valence-electron chi connectivity index (χ0n) is 10.2. The zero-order chi connectivity index (χ0) is 13.1. The third-order valence-corrected chi connectivity index (χ3v) is 2.98. The zero-order valence-corrected chi connectivity index (χ0v) is 10.9. The van der Waals surface area contributed by atoms with E-state index in [1.54, 1.807) is 14.2 Å². The molecule has 0 radical (unpaired) electrons. The van der Waals surface area contributed by atoms with Crippen LogP contribution >= 0.6 is 11.6 Å². The second kappa shape index (κ2) is 5.23. The van der Waals surface area contributed by atoms with Gasteiger partial charge >= 0.3 is 0 Å². The highest BCUT2D eigenvalue weighted by molar-refractivity contribution is 6.33. The molecule has 4 nitrogen and oxygen atoms in total. The molecule has 0 aliphatic rings. The summed E-state index contributed by atoms with van der Waals surface area (Å²) in [5, 5.41) is 4.33. The Kier molecular flexibility index (Phi) is 3.67. The highest BCUT2D eigenvalue weighted by Gasteiger charge is 2.17. The number of benzene rings is 1. The molecule has 1 aromatic carbocycles. The Hall–Kier alpha value is -1.81. The van der Waals surface area contributed by atoms with E-state index < -0.39 is 0 Å². The van der Waals surface area contributed by atoms with Crippen molar-refractivity contribution in [2.24, 2.45) is 7.05 Å². The molecular formula is C13H13ClN2O2. The predicted molar refractivity (Wildman–Crippen MR) is 69.2 cm³/mol. The van der Waals surface area contributed by atoms with E-state index in [9.17, 15) is 4.79 Å². The van der Waals surface area contributed by atoms with Crippen LogP contribution in [0.5, 0.6) is 5.75 Å². The summed E-state index contributed by atoms with van der Waals surface area (Å²) < 4.78 is 6.70. The molecule has 5 heteroatoms. The van der Waals surface area contributed by atoms with Crippen LogP contribution in [0.2, 0.25) is 5.02 Å². The highest BCUT2D eigenvalue weighted by atomic mass is 35.5. The Balaban J connectivity index is 2.27. The van der Waals surface area contributed by atoms with Gasteiger partial charge in [0.15, 0.2) is 5.78 Å². The lowest BCUT2D eigenvalue weighted by Crippen LogP contribution is -2.10. The average molecular weight is 265 g/mol. The van der Waals surface area contributed by atoms with Crippen molar-refractivity contribution in [1.82, 2.24) is 9.78 Å². The number of aromatic nitrogens is 2. The number of para-hydroxylation sites is 1. The fraction of sp³-hybridized carbons (Fsp3) is 0.231. The van der Waals surface area contributed by atoms with Crippen molar-refractivity contribution in [2.75, 3.05) is 7.11 Å². The van der Waals surface area contributed by atoms with Crippen LogP contribution in [-0.2, 0) is 13.5 Å². The number of Topliss-reactive ketones (excluding diaryl/α,β-unsaturated/α-hetero) is 1. The number of ketones is 1. The number of hydrogen-bond acceptors (Lipinski definition) is 3. The number of methoxy groups -OCH3 is 1. The predicted octanol–water partition coefficient (Wildman–Crippen LogP) is 2.51. The van der Waals surface area contributed by atoms with Gasteiger partial charge in [-0.2, -0.15) is 5.10 Å². The molecule has 1 heterocycles. The van der Waals surface area contributed by atoms with Crippen molar-refractivity contribution in [3.63, 3.8) is 0 Å². The number of ether oxygens (including phenoxy) is 1. The summed E-state index contributed by atoms with van der Waals surface area (Å²) in [6.07, 6.45) is 1.71. The average Bonchev–Trinajstić information content (AvgIpc) is 2.69. The van der Waals surface area contributed by atoms with E-state index in [1.165, 1.54) is 10.9 Å². The molecular weight excluding hydrogens is 252 g/mol. The number of carbonyl (C=O) groups is 1. The first kappa shape index (κ1) is 12.6. The van der Waals surface area contributed by atoms with Crippen molar-refractivity contribution >= 4 is 17.4 Å². The number of carbonyl (C=O) groups excluding carboxylic acids is 1. The van der Waals surface area contributed by atoms with Gasteiger partial charge in [0.05, 0.1) is 18.3 Å². The van der Waals surface area contributed by atoms with Crippen LogP contribution in [0.3, 0.4) is 0 Å². The molecule has 0 saturated carbocycles. The maximum Gasteiger partial charge on any atom is 0.186 e. The molecule has 0 aliphatic carbocycles. The third kappa shape index (κ3) is 2.38. The Morgan fingerprint density at radius 3 is 2.78 bits per heavy atom. The summed E-state index contributed by atoms with van der Waals surface area (Å²) in [5.74, 6) is 0.619. The second-order valence-electron chi connectivity index (χ2n) is 3.88. The number of hydrogen-bond donors (Lipinski definition) is 0. The second-order valence-corrected chi connectivity index (χ2v) is 4.28. The molecule has 0 fully saturated rings. The molecule has 0 unspecified atom stereocenters. The van der Waals surface area contributed by atoms with E-state index in [0.717, 1.165) is 5.56 Å². The topological polar surface area (TPSA) is 44.1 Å². The monoisotopic (exact) mass is 264 g/mol. The summed E-state index contributed by atoms with van der Waals surface area (Å²) in [5.41, 5.74) is 1.25. The molecule has 2 aromatic rings. The van der Waals surface area contributed by atoms with Gasteiger partial charge in [-0.1, -0.05) is 29.8 Å². The molecule has 0 spiro atoms. The molecule has 0 aliphatic heterocycles. The van der Waals surface area contributed by atoms with Crippen LogP contribution in [0.15, 0.2) is 30.5 Å². The Morgan fingerprint density at radius 1 is 1.44 bits per heavy atom. The van der Waals surface area contributed by atoms with Crippen molar-refractivity contribution in [2.45, 2.75) is 6.42 Å². The Bertz CT molecular complexity index is 559. The Labute approximate surface area is 110 Å². The standard InChI is InChI=1S/C13H13ClN2O2/c1-16-13(10(14)8-15-16)11(17)7-9-5-3-4-6-12(9)18-2/h3-6,8H,7H2,1-2H3. The van der Waals surface area contributed by atoms with E-state index in [2.05, 4.69) is 5.10 Å². The highest BCUT2D eigenvalue weighted by Crippen LogP contribution is 2.21. The fourth-order valence-electron chi connectivity index (χ4n) is 1.83. The van der Waals surface area contributed by atoms with Gasteiger partial charge in [-0.05, 0) is 6.07 Å². The van der Waals surface area contributed by atoms with Crippen LogP contribution in [0.1, 0.15) is 16.1 Å². The van der Waals surface area contributed by atoms with Gasteiger partial charge in [0.25, 0.3) is 0 Å². The quantitative estimate of drug-likeness (QED) is 0.797. The molecule has 0 bridgehead atoms. The Morgan fingerprint density at radius 2 is 2.17 bits per heavy atom. The van der Waals surface area contributed by atoms with Crippen LogP contribution in [0, 0.1) is 0 Å². The molecule has 0 N–H and O–H groups in total. The smallest absolute Gasteiger partial charge is 0.186 e. The first-order chi connectivity index (χ1) is 8.63. The van der Waals surface area contributed by atoms with Gasteiger partial charge in [0, 0.05) is 19.0 Å². The van der Waals surface area contributed by atoms with Gasteiger partial charge in [-0.3, -0.25) is 9.48 Å². The lowest BCUT2D eigenvalue weighted by Gasteiger charge is -2.07. The number of aryl methyl sites for hydroxylation is 1. The summed E-state index contributed by atoms with van der Waals surface area (Å²) in [7, 11) is 3.28. The number of halogens is 1. The van der Waals surface area contributed by atoms with Crippen molar-refractivity contribution in [1.29, 1.82) is 0 Å². The molecule has 0 amide bonds. The first-order valence-electron chi connectivity index (χ1n) is 5.46. The fourth-order valence-corrected chi connectivity index (χ4v) is 2.10. The molecule has 18 heavy (non-hydrogen) atoms. The van der Waals surface area contributed by atoms with E-state index in [1.807, 2.05) is 24.3 Å². The van der Waals surface area contributed by atoms with Gasteiger partial charge in [0.1, 0.15) is 11.4 Å². The van der Waals surface area contributed by atoms with E-state index >= 15 is 0 Å². The van der Waals surface area contributed by atoms with Gasteiger partial charge in [0.2, 0.25) is 0 Å². The minimum atomic E-state index is -0.0792.